The molecular weight excluding hydrogens is 491 g/mol. The van der Waals surface area contributed by atoms with Crippen molar-refractivity contribution in [2.45, 2.75) is 57.7 Å². The first kappa shape index (κ1) is 26.7. The zero-order valence-electron chi connectivity index (χ0n) is 21.0. The van der Waals surface area contributed by atoms with Crippen molar-refractivity contribution in [3.8, 4) is 5.75 Å². The summed E-state index contributed by atoms with van der Waals surface area (Å²) in [5, 5.41) is 3.78. The van der Waals surface area contributed by atoms with Gasteiger partial charge in [-0.1, -0.05) is 66.9 Å². The van der Waals surface area contributed by atoms with Gasteiger partial charge < -0.3 is 15.0 Å². The average molecular weight is 523 g/mol. The number of hydrogen-bond acceptors (Lipinski definition) is 3. The fourth-order valence-electron chi connectivity index (χ4n) is 4.64. The van der Waals surface area contributed by atoms with E-state index in [1.54, 1.807) is 35.2 Å². The summed E-state index contributed by atoms with van der Waals surface area (Å²) in [4.78, 5) is 28.8. The molecule has 194 valence electrons. The highest BCUT2D eigenvalue weighted by Crippen LogP contribution is 2.23. The van der Waals surface area contributed by atoms with Crippen LogP contribution in [0.5, 0.6) is 5.75 Å². The molecule has 3 aromatic rings. The van der Waals surface area contributed by atoms with E-state index in [1.807, 2.05) is 37.3 Å². The Labute approximate surface area is 222 Å². The fourth-order valence-corrected chi connectivity index (χ4v) is 4.76. The van der Waals surface area contributed by atoms with Crippen molar-refractivity contribution in [2.75, 3.05) is 6.61 Å². The zero-order valence-corrected chi connectivity index (χ0v) is 21.7. The van der Waals surface area contributed by atoms with Gasteiger partial charge in [-0.25, -0.2) is 4.39 Å². The molecule has 1 aliphatic carbocycles. The Kier molecular flexibility index (Phi) is 9.18. The van der Waals surface area contributed by atoms with Gasteiger partial charge in [0, 0.05) is 24.0 Å². The molecular formula is C30H32ClFN2O3. The van der Waals surface area contributed by atoms with Gasteiger partial charge in [0.2, 0.25) is 5.91 Å². The van der Waals surface area contributed by atoms with Crippen LogP contribution in [0.3, 0.4) is 0 Å². The van der Waals surface area contributed by atoms with Crippen LogP contribution in [0, 0.1) is 12.7 Å². The molecule has 0 saturated heterocycles. The molecule has 0 spiro atoms. The lowest BCUT2D eigenvalue weighted by Crippen LogP contribution is -2.53. The van der Waals surface area contributed by atoms with E-state index in [-0.39, 0.29) is 36.8 Å². The second-order valence-electron chi connectivity index (χ2n) is 9.54. The van der Waals surface area contributed by atoms with Crippen molar-refractivity contribution in [3.63, 3.8) is 0 Å². The first-order valence-corrected chi connectivity index (χ1v) is 13.0. The Bertz CT molecular complexity index is 1200. The van der Waals surface area contributed by atoms with Crippen molar-refractivity contribution in [1.29, 1.82) is 0 Å². The number of rotatable bonds is 10. The maximum atomic E-state index is 13.6. The van der Waals surface area contributed by atoms with Crippen LogP contribution in [0.25, 0.3) is 0 Å². The average Bonchev–Trinajstić information content (AvgIpc) is 3.41. The Morgan fingerprint density at radius 3 is 2.41 bits per heavy atom. The van der Waals surface area contributed by atoms with Gasteiger partial charge in [-0.3, -0.25) is 9.59 Å². The standard InChI is InChI=1S/C30H32ClFN2O3/c1-21-17-26(15-16-27(21)31)37-20-29(35)34(19-23-11-13-24(32)14-12-23)28(18-22-7-3-2-4-8-22)30(36)33-25-9-5-6-10-25/h2-4,7-8,11-17,25,28H,5-6,9-10,18-20H2,1H3,(H,33,36)/t28-/m1/s1. The highest BCUT2D eigenvalue weighted by Gasteiger charge is 2.32. The van der Waals surface area contributed by atoms with E-state index in [9.17, 15) is 14.0 Å². The molecule has 0 heterocycles. The van der Waals surface area contributed by atoms with Gasteiger partial charge in [0.1, 0.15) is 17.6 Å². The molecule has 1 N–H and O–H groups in total. The summed E-state index contributed by atoms with van der Waals surface area (Å²) in [6.07, 6.45) is 4.40. The number of halogens is 2. The van der Waals surface area contributed by atoms with E-state index >= 15 is 0 Å². The maximum Gasteiger partial charge on any atom is 0.261 e. The lowest BCUT2D eigenvalue weighted by atomic mass is 10.0. The van der Waals surface area contributed by atoms with E-state index in [2.05, 4.69) is 5.32 Å². The van der Waals surface area contributed by atoms with Gasteiger partial charge in [0.25, 0.3) is 5.91 Å². The molecule has 2 amide bonds. The molecule has 4 rings (SSSR count). The SMILES string of the molecule is Cc1cc(OCC(=O)N(Cc2ccc(F)cc2)[C@H](Cc2ccccc2)C(=O)NC2CCCC2)ccc1Cl. The van der Waals surface area contributed by atoms with Gasteiger partial charge in [0.15, 0.2) is 6.61 Å². The number of carbonyl (C=O) groups excluding carboxylic acids is 2. The minimum absolute atomic E-state index is 0.113. The third-order valence-electron chi connectivity index (χ3n) is 6.73. The zero-order chi connectivity index (χ0) is 26.2. The van der Waals surface area contributed by atoms with Crippen LogP contribution >= 0.6 is 11.6 Å². The summed E-state index contributed by atoms with van der Waals surface area (Å²) in [6, 6.07) is 20.2. The largest absolute Gasteiger partial charge is 0.484 e. The second-order valence-corrected chi connectivity index (χ2v) is 9.95. The Hall–Kier alpha value is -3.38. The molecule has 0 unspecified atom stereocenters. The lowest BCUT2D eigenvalue weighted by Gasteiger charge is -2.32. The summed E-state index contributed by atoms with van der Waals surface area (Å²) in [5.74, 6) is -0.358. The molecule has 1 aliphatic rings. The minimum Gasteiger partial charge on any atom is -0.484 e. The lowest BCUT2D eigenvalue weighted by molar-refractivity contribution is -0.143. The summed E-state index contributed by atoms with van der Waals surface area (Å²) in [6.45, 7) is 1.77. The van der Waals surface area contributed by atoms with E-state index in [4.69, 9.17) is 16.3 Å². The number of amides is 2. The van der Waals surface area contributed by atoms with Crippen molar-refractivity contribution in [2.24, 2.45) is 0 Å². The van der Waals surface area contributed by atoms with Crippen LogP contribution in [0.4, 0.5) is 4.39 Å². The first-order chi connectivity index (χ1) is 17.9. The van der Waals surface area contributed by atoms with Crippen molar-refractivity contribution in [3.05, 3.63) is 100 Å². The molecule has 5 nitrogen and oxygen atoms in total. The van der Waals surface area contributed by atoms with Gasteiger partial charge in [-0.15, -0.1) is 0 Å². The molecule has 0 radical (unpaired) electrons. The summed E-state index contributed by atoms with van der Waals surface area (Å²) < 4.78 is 19.4. The fraction of sp³-hybridized carbons (Fsp3) is 0.333. The van der Waals surface area contributed by atoms with Gasteiger partial charge in [-0.2, -0.15) is 0 Å². The third kappa shape index (κ3) is 7.56. The number of hydrogen-bond donors (Lipinski definition) is 1. The highest BCUT2D eigenvalue weighted by molar-refractivity contribution is 6.31. The predicted octanol–water partition coefficient (Wildman–Crippen LogP) is 5.87. The molecule has 1 saturated carbocycles. The summed E-state index contributed by atoms with van der Waals surface area (Å²) >= 11 is 6.12. The van der Waals surface area contributed by atoms with Crippen LogP contribution in [0.2, 0.25) is 5.02 Å². The van der Waals surface area contributed by atoms with E-state index in [0.29, 0.717) is 17.2 Å². The first-order valence-electron chi connectivity index (χ1n) is 12.7. The van der Waals surface area contributed by atoms with Crippen molar-refractivity contribution in [1.82, 2.24) is 10.2 Å². The van der Waals surface area contributed by atoms with E-state index in [0.717, 1.165) is 42.4 Å². The Morgan fingerprint density at radius 1 is 1.03 bits per heavy atom. The number of carbonyl (C=O) groups is 2. The van der Waals surface area contributed by atoms with Gasteiger partial charge >= 0.3 is 0 Å². The monoisotopic (exact) mass is 522 g/mol. The van der Waals surface area contributed by atoms with Crippen LogP contribution in [-0.2, 0) is 22.6 Å². The van der Waals surface area contributed by atoms with Crippen LogP contribution in [-0.4, -0.2) is 35.4 Å². The van der Waals surface area contributed by atoms with Gasteiger partial charge in [-0.05, 0) is 66.8 Å². The molecule has 7 heteroatoms. The van der Waals surface area contributed by atoms with Crippen molar-refractivity contribution < 1.29 is 18.7 Å². The van der Waals surface area contributed by atoms with Gasteiger partial charge in [0.05, 0.1) is 0 Å². The molecule has 0 bridgehead atoms. The smallest absolute Gasteiger partial charge is 0.261 e. The number of aryl methyl sites for hydroxylation is 1. The molecule has 3 aromatic carbocycles. The third-order valence-corrected chi connectivity index (χ3v) is 7.15. The summed E-state index contributed by atoms with van der Waals surface area (Å²) in [7, 11) is 0. The van der Waals surface area contributed by atoms with Crippen LogP contribution in [0.15, 0.2) is 72.8 Å². The molecule has 1 atom stereocenters. The van der Waals surface area contributed by atoms with E-state index < -0.39 is 6.04 Å². The van der Waals surface area contributed by atoms with Crippen LogP contribution in [0.1, 0.15) is 42.4 Å². The number of benzene rings is 3. The Morgan fingerprint density at radius 2 is 1.73 bits per heavy atom. The van der Waals surface area contributed by atoms with Crippen molar-refractivity contribution >= 4 is 23.4 Å². The number of nitrogens with zero attached hydrogens (tertiary/aromatic N) is 1. The second kappa shape index (κ2) is 12.7. The van der Waals surface area contributed by atoms with Crippen LogP contribution < -0.4 is 10.1 Å². The highest BCUT2D eigenvalue weighted by atomic mass is 35.5. The molecule has 1 fully saturated rings. The Balaban J connectivity index is 1.60. The maximum absolute atomic E-state index is 13.6. The topological polar surface area (TPSA) is 58.6 Å². The molecule has 0 aliphatic heterocycles. The number of ether oxygens (including phenoxy) is 1. The molecule has 0 aromatic heterocycles. The predicted molar refractivity (Wildman–Crippen MR) is 143 cm³/mol. The molecule has 37 heavy (non-hydrogen) atoms. The summed E-state index contributed by atoms with van der Waals surface area (Å²) in [5.41, 5.74) is 2.51. The normalized spacial score (nSPS) is 14.2. The minimum atomic E-state index is -0.754. The van der Waals surface area contributed by atoms with E-state index in [1.165, 1.54) is 12.1 Å². The quantitative estimate of drug-likeness (QED) is 0.362. The number of nitrogens with one attached hydrogen (secondary N) is 1.